The summed E-state index contributed by atoms with van der Waals surface area (Å²) in [6, 6.07) is 1.08. The molecular weight excluding hydrogens is 239 g/mol. The van der Waals surface area contributed by atoms with Gasteiger partial charge >= 0.3 is 11.9 Å². The van der Waals surface area contributed by atoms with Gasteiger partial charge in [-0.3, -0.25) is 14.3 Å². The van der Waals surface area contributed by atoms with Crippen molar-refractivity contribution in [2.45, 2.75) is 19.6 Å². The Kier molecular flexibility index (Phi) is 3.41. The number of hydrogen-bond donors (Lipinski definition) is 1. The number of nitriles is 1. The molecule has 0 aromatic carbocycles. The first-order valence-corrected chi connectivity index (χ1v) is 4.52. The van der Waals surface area contributed by atoms with Gasteiger partial charge < -0.3 is 0 Å². The predicted octanol–water partition coefficient (Wildman–Crippen LogP) is 0.547. The molecule has 8 heteroatoms. The van der Waals surface area contributed by atoms with E-state index >= 15 is 0 Å². The highest BCUT2D eigenvalue weighted by atomic mass is 19.4. The van der Waals surface area contributed by atoms with Gasteiger partial charge in [-0.2, -0.15) is 18.4 Å². The summed E-state index contributed by atoms with van der Waals surface area (Å²) >= 11 is 0. The minimum absolute atomic E-state index is 0.100. The Morgan fingerprint density at radius 2 is 2.12 bits per heavy atom. The lowest BCUT2D eigenvalue weighted by Gasteiger charge is -2.14. The van der Waals surface area contributed by atoms with Crippen LogP contribution in [0.5, 0.6) is 0 Å². The summed E-state index contributed by atoms with van der Waals surface area (Å²) in [6.45, 7) is 0.514. The number of halogens is 3. The van der Waals surface area contributed by atoms with Gasteiger partial charge in [-0.25, -0.2) is 4.79 Å². The summed E-state index contributed by atoms with van der Waals surface area (Å²) < 4.78 is 37.6. The van der Waals surface area contributed by atoms with Crippen LogP contribution in [-0.4, -0.2) is 15.7 Å². The molecule has 0 aliphatic rings. The SMILES string of the molecule is Cc1cn(CC(C#N)C(F)(F)F)c(=O)[nH]c1=O. The molecule has 1 unspecified atom stereocenters. The van der Waals surface area contributed by atoms with Gasteiger partial charge in [0.15, 0.2) is 5.92 Å². The van der Waals surface area contributed by atoms with Gasteiger partial charge in [0, 0.05) is 11.8 Å². The van der Waals surface area contributed by atoms with Crippen LogP contribution in [0, 0.1) is 24.2 Å². The third kappa shape index (κ3) is 2.96. The molecule has 1 rings (SSSR count). The molecular formula is C9H8F3N3O2. The molecule has 0 saturated carbocycles. The zero-order valence-electron chi connectivity index (χ0n) is 8.71. The minimum atomic E-state index is -4.71. The molecule has 0 aliphatic heterocycles. The van der Waals surface area contributed by atoms with Crippen LogP contribution in [0.1, 0.15) is 5.56 Å². The van der Waals surface area contributed by atoms with Gasteiger partial charge in [0.25, 0.3) is 5.56 Å². The second-order valence-corrected chi connectivity index (χ2v) is 3.45. The molecule has 1 heterocycles. The summed E-state index contributed by atoms with van der Waals surface area (Å²) in [7, 11) is 0. The highest BCUT2D eigenvalue weighted by molar-refractivity contribution is 5.01. The van der Waals surface area contributed by atoms with E-state index in [9.17, 15) is 22.8 Å². The number of nitrogens with zero attached hydrogens (tertiary/aromatic N) is 2. The third-order valence-electron chi connectivity index (χ3n) is 2.12. The van der Waals surface area contributed by atoms with E-state index in [0.717, 1.165) is 12.3 Å². The number of aryl methyl sites for hydroxylation is 1. The number of hydrogen-bond acceptors (Lipinski definition) is 3. The van der Waals surface area contributed by atoms with Gasteiger partial charge in [-0.1, -0.05) is 0 Å². The van der Waals surface area contributed by atoms with Crippen LogP contribution >= 0.6 is 0 Å². The number of aromatic nitrogens is 2. The maximum atomic E-state index is 12.3. The molecule has 0 spiro atoms. The van der Waals surface area contributed by atoms with Crippen LogP contribution in [0.3, 0.4) is 0 Å². The van der Waals surface area contributed by atoms with Crippen LogP contribution in [0.15, 0.2) is 15.8 Å². The van der Waals surface area contributed by atoms with E-state index in [2.05, 4.69) is 0 Å². The van der Waals surface area contributed by atoms with Crippen LogP contribution in [0.4, 0.5) is 13.2 Å². The molecule has 0 radical (unpaired) electrons. The maximum absolute atomic E-state index is 12.3. The lowest BCUT2D eigenvalue weighted by molar-refractivity contribution is -0.162. The first-order valence-electron chi connectivity index (χ1n) is 4.52. The standard InChI is InChI=1S/C9H8F3N3O2/c1-5-3-15(8(17)14-7(5)16)4-6(2-13)9(10,11)12/h3,6H,4H2,1H3,(H,14,16,17). The molecule has 1 aromatic rings. The number of rotatable bonds is 2. The van der Waals surface area contributed by atoms with E-state index in [-0.39, 0.29) is 5.56 Å². The van der Waals surface area contributed by atoms with Crippen LogP contribution in [-0.2, 0) is 6.54 Å². The number of H-pyrrole nitrogens is 1. The number of aromatic amines is 1. The van der Waals surface area contributed by atoms with Crippen LogP contribution in [0.25, 0.3) is 0 Å². The van der Waals surface area contributed by atoms with E-state index in [1.54, 1.807) is 0 Å². The zero-order valence-corrected chi connectivity index (χ0v) is 8.71. The van der Waals surface area contributed by atoms with Crippen molar-refractivity contribution in [3.63, 3.8) is 0 Å². The van der Waals surface area contributed by atoms with Crippen molar-refractivity contribution in [3.05, 3.63) is 32.6 Å². The van der Waals surface area contributed by atoms with Crippen molar-refractivity contribution in [1.29, 1.82) is 5.26 Å². The largest absolute Gasteiger partial charge is 0.406 e. The molecule has 17 heavy (non-hydrogen) atoms. The summed E-state index contributed by atoms with van der Waals surface area (Å²) in [4.78, 5) is 24.1. The van der Waals surface area contributed by atoms with E-state index in [1.807, 2.05) is 4.98 Å². The molecule has 0 bridgehead atoms. The molecule has 5 nitrogen and oxygen atoms in total. The Morgan fingerprint density at radius 1 is 1.53 bits per heavy atom. The molecule has 1 N–H and O–H groups in total. The molecule has 92 valence electrons. The fourth-order valence-corrected chi connectivity index (χ4v) is 1.17. The molecule has 0 amide bonds. The van der Waals surface area contributed by atoms with E-state index in [0.29, 0.717) is 4.57 Å². The first kappa shape index (κ1) is 13.0. The summed E-state index contributed by atoms with van der Waals surface area (Å²) in [6.07, 6.45) is -3.71. The van der Waals surface area contributed by atoms with E-state index < -0.39 is 29.9 Å². The molecule has 1 aromatic heterocycles. The maximum Gasteiger partial charge on any atom is 0.406 e. The van der Waals surface area contributed by atoms with Crippen molar-refractivity contribution in [2.24, 2.45) is 5.92 Å². The Bertz CT molecular complexity index is 565. The quantitative estimate of drug-likeness (QED) is 0.828. The summed E-state index contributed by atoms with van der Waals surface area (Å²) in [5.41, 5.74) is -1.53. The molecule has 0 aliphatic carbocycles. The van der Waals surface area contributed by atoms with Crippen LogP contribution in [0.2, 0.25) is 0 Å². The minimum Gasteiger partial charge on any atom is -0.299 e. The third-order valence-corrected chi connectivity index (χ3v) is 2.12. The van der Waals surface area contributed by atoms with Crippen LogP contribution < -0.4 is 11.2 Å². The zero-order chi connectivity index (χ0) is 13.2. The molecule has 0 fully saturated rings. The van der Waals surface area contributed by atoms with Gasteiger partial charge in [0.1, 0.15) is 0 Å². The normalized spacial score (nSPS) is 13.1. The molecule has 1 atom stereocenters. The highest BCUT2D eigenvalue weighted by Crippen LogP contribution is 2.26. The van der Waals surface area contributed by atoms with Gasteiger partial charge in [-0.15, -0.1) is 0 Å². The Labute approximate surface area is 93.1 Å². The topological polar surface area (TPSA) is 78.7 Å². The predicted molar refractivity (Wildman–Crippen MR) is 51.2 cm³/mol. The number of alkyl halides is 3. The van der Waals surface area contributed by atoms with E-state index in [1.165, 1.54) is 6.92 Å². The average molecular weight is 247 g/mol. The second-order valence-electron chi connectivity index (χ2n) is 3.45. The van der Waals surface area contributed by atoms with Crippen molar-refractivity contribution in [2.75, 3.05) is 0 Å². The van der Waals surface area contributed by atoms with Gasteiger partial charge in [0.2, 0.25) is 0 Å². The summed E-state index contributed by atoms with van der Waals surface area (Å²) in [5, 5.41) is 8.38. The number of nitrogens with one attached hydrogen (secondary N) is 1. The lowest BCUT2D eigenvalue weighted by atomic mass is 10.1. The Morgan fingerprint density at radius 3 is 2.59 bits per heavy atom. The monoisotopic (exact) mass is 247 g/mol. The van der Waals surface area contributed by atoms with Gasteiger partial charge in [-0.05, 0) is 6.92 Å². The van der Waals surface area contributed by atoms with Crippen molar-refractivity contribution < 1.29 is 13.2 Å². The fourth-order valence-electron chi connectivity index (χ4n) is 1.17. The van der Waals surface area contributed by atoms with E-state index in [4.69, 9.17) is 5.26 Å². The Balaban J connectivity index is 3.13. The fraction of sp³-hybridized carbons (Fsp3) is 0.444. The lowest BCUT2D eigenvalue weighted by Crippen LogP contribution is -2.35. The van der Waals surface area contributed by atoms with Crippen molar-refractivity contribution in [1.82, 2.24) is 9.55 Å². The summed E-state index contributed by atoms with van der Waals surface area (Å²) in [5.74, 6) is -2.29. The smallest absolute Gasteiger partial charge is 0.299 e. The second kappa shape index (κ2) is 4.45. The molecule has 0 saturated heterocycles. The highest BCUT2D eigenvalue weighted by Gasteiger charge is 2.40. The van der Waals surface area contributed by atoms with Crippen molar-refractivity contribution in [3.8, 4) is 6.07 Å². The average Bonchev–Trinajstić information content (AvgIpc) is 2.19. The van der Waals surface area contributed by atoms with Crippen molar-refractivity contribution >= 4 is 0 Å². The first-order chi connectivity index (χ1) is 7.75. The van der Waals surface area contributed by atoms with Gasteiger partial charge in [0.05, 0.1) is 12.6 Å². The Hall–Kier alpha value is -2.04.